The van der Waals surface area contributed by atoms with Gasteiger partial charge in [0.05, 0.1) is 5.52 Å². The molecule has 17 heavy (non-hydrogen) atoms. The van der Waals surface area contributed by atoms with Gasteiger partial charge in [0.1, 0.15) is 0 Å². The van der Waals surface area contributed by atoms with E-state index in [0.717, 1.165) is 16.5 Å². The average molecular weight is 231 g/mol. The van der Waals surface area contributed by atoms with Crippen LogP contribution in [0.1, 0.15) is 31.9 Å². The van der Waals surface area contributed by atoms with E-state index in [-0.39, 0.29) is 5.41 Å². The lowest BCUT2D eigenvalue weighted by molar-refractivity contribution is 0.197. The van der Waals surface area contributed by atoms with Crippen LogP contribution in [-0.4, -0.2) is 15.8 Å². The van der Waals surface area contributed by atoms with E-state index in [1.165, 1.54) is 10.1 Å². The van der Waals surface area contributed by atoms with Gasteiger partial charge < -0.3 is 5.11 Å². The minimum atomic E-state index is -0.936. The number of rotatable bonds is 0. The second-order valence-electron chi connectivity index (χ2n) is 5.41. The normalized spacial score (nSPS) is 12.0. The average Bonchev–Trinajstić information content (AvgIpc) is 2.55. The lowest BCUT2D eigenvalue weighted by atomic mass is 9.84. The zero-order valence-corrected chi connectivity index (χ0v) is 10.6. The number of hydrogen-bond donors (Lipinski definition) is 1. The van der Waals surface area contributed by atoms with E-state index in [2.05, 4.69) is 26.8 Å². The fraction of sp³-hybridized carbons (Fsp3) is 0.357. The molecule has 1 N–H and O–H groups in total. The number of aromatic nitrogens is 1. The zero-order valence-electron chi connectivity index (χ0n) is 10.6. The van der Waals surface area contributed by atoms with E-state index in [0.29, 0.717) is 0 Å². The number of nitrogens with zero attached hydrogens (tertiary/aromatic N) is 1. The Bertz CT molecular complexity index is 588. The summed E-state index contributed by atoms with van der Waals surface area (Å²) in [5, 5.41) is 10.2. The van der Waals surface area contributed by atoms with E-state index in [1.54, 1.807) is 6.20 Å². The lowest BCUT2D eigenvalue weighted by Gasteiger charge is -2.20. The van der Waals surface area contributed by atoms with Crippen molar-refractivity contribution in [3.8, 4) is 0 Å². The van der Waals surface area contributed by atoms with Crippen molar-refractivity contribution < 1.29 is 9.90 Å². The Morgan fingerprint density at radius 1 is 1.29 bits per heavy atom. The smallest absolute Gasteiger partial charge is 0.416 e. The monoisotopic (exact) mass is 231 g/mol. The molecule has 0 unspecified atom stereocenters. The first-order chi connectivity index (χ1) is 7.82. The van der Waals surface area contributed by atoms with Crippen LogP contribution in [0.2, 0.25) is 0 Å². The van der Waals surface area contributed by atoms with Crippen molar-refractivity contribution in [3.63, 3.8) is 0 Å². The Labute approximate surface area is 101 Å². The van der Waals surface area contributed by atoms with Crippen LogP contribution < -0.4 is 0 Å². The molecule has 0 saturated carbocycles. The number of carbonyl (C=O) groups is 1. The van der Waals surface area contributed by atoms with Crippen LogP contribution in [0.25, 0.3) is 10.9 Å². The van der Waals surface area contributed by atoms with Crippen LogP contribution in [0.4, 0.5) is 4.79 Å². The first-order valence-electron chi connectivity index (χ1n) is 5.67. The van der Waals surface area contributed by atoms with Gasteiger partial charge in [-0.15, -0.1) is 0 Å². The highest BCUT2D eigenvalue weighted by atomic mass is 16.4. The maximum atomic E-state index is 11.2. The zero-order chi connectivity index (χ0) is 12.8. The van der Waals surface area contributed by atoms with E-state index >= 15 is 0 Å². The van der Waals surface area contributed by atoms with Crippen LogP contribution in [0.3, 0.4) is 0 Å². The molecule has 0 radical (unpaired) electrons. The molecule has 0 atom stereocenters. The highest BCUT2D eigenvalue weighted by molar-refractivity contribution is 5.94. The molecule has 1 aromatic heterocycles. The summed E-state index contributed by atoms with van der Waals surface area (Å²) in [5.41, 5.74) is 2.97. The Morgan fingerprint density at radius 3 is 2.47 bits per heavy atom. The third kappa shape index (κ3) is 1.82. The van der Waals surface area contributed by atoms with Crippen LogP contribution >= 0.6 is 0 Å². The third-order valence-electron chi connectivity index (χ3n) is 3.03. The molecule has 0 aliphatic carbocycles. The molecule has 0 amide bonds. The number of hydrogen-bond acceptors (Lipinski definition) is 1. The maximum Gasteiger partial charge on any atom is 0.416 e. The Kier molecular flexibility index (Phi) is 2.49. The van der Waals surface area contributed by atoms with Gasteiger partial charge in [-0.2, -0.15) is 0 Å². The van der Waals surface area contributed by atoms with Gasteiger partial charge in [-0.05, 0) is 29.5 Å². The highest BCUT2D eigenvalue weighted by Gasteiger charge is 2.20. The molecule has 0 spiro atoms. The van der Waals surface area contributed by atoms with E-state index in [4.69, 9.17) is 5.11 Å². The highest BCUT2D eigenvalue weighted by Crippen LogP contribution is 2.32. The fourth-order valence-corrected chi connectivity index (χ4v) is 2.27. The molecule has 3 nitrogen and oxygen atoms in total. The molecular formula is C14H17NO2. The Morgan fingerprint density at radius 2 is 1.94 bits per heavy atom. The molecule has 0 fully saturated rings. The van der Waals surface area contributed by atoms with Gasteiger partial charge in [0.15, 0.2) is 0 Å². The molecular weight excluding hydrogens is 214 g/mol. The van der Waals surface area contributed by atoms with Gasteiger partial charge >= 0.3 is 6.09 Å². The van der Waals surface area contributed by atoms with E-state index in [1.807, 2.05) is 19.1 Å². The third-order valence-corrected chi connectivity index (χ3v) is 3.03. The van der Waals surface area contributed by atoms with E-state index < -0.39 is 6.09 Å². The molecule has 0 bridgehead atoms. The van der Waals surface area contributed by atoms with Crippen LogP contribution in [0.5, 0.6) is 0 Å². The largest absolute Gasteiger partial charge is 0.464 e. The molecule has 90 valence electrons. The number of carboxylic acid groups (broad SMARTS) is 1. The number of aryl methyl sites for hydroxylation is 1. The summed E-state index contributed by atoms with van der Waals surface area (Å²) in [5.74, 6) is 0. The molecule has 2 rings (SSSR count). The molecule has 2 aromatic rings. The molecule has 1 heterocycles. The summed E-state index contributed by atoms with van der Waals surface area (Å²) in [7, 11) is 0. The molecule has 0 saturated heterocycles. The van der Waals surface area contributed by atoms with Gasteiger partial charge in [0, 0.05) is 11.6 Å². The minimum absolute atomic E-state index is 0.00889. The van der Waals surface area contributed by atoms with Gasteiger partial charge in [-0.1, -0.05) is 32.9 Å². The topological polar surface area (TPSA) is 42.2 Å². The van der Waals surface area contributed by atoms with Crippen LogP contribution in [0.15, 0.2) is 24.4 Å². The summed E-state index contributed by atoms with van der Waals surface area (Å²) >= 11 is 0. The molecule has 1 aromatic carbocycles. The molecule has 3 heteroatoms. The quantitative estimate of drug-likeness (QED) is 0.749. The second-order valence-corrected chi connectivity index (χ2v) is 5.41. The standard InChI is InChI=1S/C14H17NO2/c1-9-8-15(13(16)17)11-7-5-6-10(12(9)11)14(2,3)4/h5-8H,1-4H3,(H,16,17). The fourth-order valence-electron chi connectivity index (χ4n) is 2.27. The van der Waals surface area contributed by atoms with Crippen molar-refractivity contribution in [3.05, 3.63) is 35.5 Å². The Balaban J connectivity index is 2.87. The van der Waals surface area contributed by atoms with Crippen LogP contribution in [-0.2, 0) is 5.41 Å². The van der Waals surface area contributed by atoms with Crippen molar-refractivity contribution in [2.75, 3.05) is 0 Å². The predicted molar refractivity (Wildman–Crippen MR) is 68.8 cm³/mol. The summed E-state index contributed by atoms with van der Waals surface area (Å²) in [6.07, 6.45) is 0.747. The van der Waals surface area contributed by atoms with Crippen molar-refractivity contribution in [2.24, 2.45) is 0 Å². The summed E-state index contributed by atoms with van der Waals surface area (Å²) in [6.45, 7) is 8.37. The van der Waals surface area contributed by atoms with E-state index in [9.17, 15) is 4.79 Å². The summed E-state index contributed by atoms with van der Waals surface area (Å²) in [6, 6.07) is 5.84. The van der Waals surface area contributed by atoms with Crippen molar-refractivity contribution in [1.82, 2.24) is 4.57 Å². The molecule has 0 aliphatic heterocycles. The van der Waals surface area contributed by atoms with Gasteiger partial charge in [-0.25, -0.2) is 4.79 Å². The predicted octanol–water partition coefficient (Wildman–Crippen LogP) is 3.77. The summed E-state index contributed by atoms with van der Waals surface area (Å²) in [4.78, 5) is 11.2. The van der Waals surface area contributed by atoms with Gasteiger partial charge in [-0.3, -0.25) is 4.57 Å². The van der Waals surface area contributed by atoms with Gasteiger partial charge in [0.25, 0.3) is 0 Å². The van der Waals surface area contributed by atoms with Gasteiger partial charge in [0.2, 0.25) is 0 Å². The number of fused-ring (bicyclic) bond motifs is 1. The molecule has 0 aliphatic rings. The second kappa shape index (κ2) is 3.62. The van der Waals surface area contributed by atoms with Crippen molar-refractivity contribution in [2.45, 2.75) is 33.1 Å². The van der Waals surface area contributed by atoms with Crippen LogP contribution in [0, 0.1) is 6.92 Å². The first kappa shape index (κ1) is 11.7. The van der Waals surface area contributed by atoms with Crippen molar-refractivity contribution in [1.29, 1.82) is 0 Å². The summed E-state index contributed by atoms with van der Waals surface area (Å²) < 4.78 is 1.29. The first-order valence-corrected chi connectivity index (χ1v) is 5.67. The Hall–Kier alpha value is -1.77. The lowest BCUT2D eigenvalue weighted by Crippen LogP contribution is -2.12. The van der Waals surface area contributed by atoms with Crippen molar-refractivity contribution >= 4 is 17.0 Å². The maximum absolute atomic E-state index is 11.2. The minimum Gasteiger partial charge on any atom is -0.464 e. The SMILES string of the molecule is Cc1cn(C(=O)O)c2cccc(C(C)(C)C)c12. The number of benzene rings is 1.